The maximum atomic E-state index is 12.4. The van der Waals surface area contributed by atoms with Crippen LogP contribution >= 0.6 is 0 Å². The molecule has 0 aromatic carbocycles. The standard InChI is InChI=1S/C13H26N2O4S/c1-5-14-9-12(3)15(10-11(14)2)20(17,18)8-6-7-13(16)19-4/h11-12H,5-10H2,1-4H3. The minimum absolute atomic E-state index is 0.00524. The van der Waals surface area contributed by atoms with Gasteiger partial charge < -0.3 is 4.74 Å². The predicted molar refractivity (Wildman–Crippen MR) is 77.9 cm³/mol. The van der Waals surface area contributed by atoms with Crippen molar-refractivity contribution in [1.29, 1.82) is 0 Å². The van der Waals surface area contributed by atoms with E-state index in [0.29, 0.717) is 13.0 Å². The fraction of sp³-hybridized carbons (Fsp3) is 0.923. The zero-order chi connectivity index (χ0) is 15.3. The van der Waals surface area contributed by atoms with Crippen molar-refractivity contribution in [3.8, 4) is 0 Å². The Balaban J connectivity index is 2.61. The molecule has 0 radical (unpaired) electrons. The second-order valence-electron chi connectivity index (χ2n) is 5.35. The summed E-state index contributed by atoms with van der Waals surface area (Å²) in [5.74, 6) is -0.358. The largest absolute Gasteiger partial charge is 0.469 e. The monoisotopic (exact) mass is 306 g/mol. The first-order valence-corrected chi connectivity index (χ1v) is 8.73. The molecule has 20 heavy (non-hydrogen) atoms. The van der Waals surface area contributed by atoms with Gasteiger partial charge in [-0.25, -0.2) is 8.42 Å². The van der Waals surface area contributed by atoms with E-state index >= 15 is 0 Å². The van der Waals surface area contributed by atoms with Gasteiger partial charge in [-0.3, -0.25) is 9.69 Å². The topological polar surface area (TPSA) is 66.9 Å². The van der Waals surface area contributed by atoms with Crippen LogP contribution < -0.4 is 0 Å². The van der Waals surface area contributed by atoms with E-state index in [2.05, 4.69) is 16.6 Å². The smallest absolute Gasteiger partial charge is 0.305 e. The molecule has 0 N–H and O–H groups in total. The molecule has 0 amide bonds. The van der Waals surface area contributed by atoms with E-state index in [1.807, 2.05) is 13.8 Å². The molecule has 1 aliphatic rings. The van der Waals surface area contributed by atoms with Crippen molar-refractivity contribution in [2.45, 2.75) is 45.7 Å². The normalized spacial score (nSPS) is 25.6. The number of carbonyl (C=O) groups is 1. The Labute approximate surface area is 122 Å². The number of ether oxygens (including phenoxy) is 1. The molecule has 1 saturated heterocycles. The van der Waals surface area contributed by atoms with Crippen LogP contribution in [0.2, 0.25) is 0 Å². The molecule has 0 aromatic heterocycles. The summed E-state index contributed by atoms with van der Waals surface area (Å²) in [6.45, 7) is 8.29. The van der Waals surface area contributed by atoms with Crippen molar-refractivity contribution < 1.29 is 17.9 Å². The molecule has 1 rings (SSSR count). The lowest BCUT2D eigenvalue weighted by Gasteiger charge is -2.42. The van der Waals surface area contributed by atoms with Crippen LogP contribution in [-0.4, -0.2) is 68.2 Å². The number of nitrogens with zero attached hydrogens (tertiary/aromatic N) is 2. The number of methoxy groups -OCH3 is 1. The van der Waals surface area contributed by atoms with E-state index in [-0.39, 0.29) is 30.2 Å². The average Bonchev–Trinajstić information content (AvgIpc) is 2.40. The fourth-order valence-corrected chi connectivity index (χ4v) is 4.41. The third kappa shape index (κ3) is 4.43. The Hall–Kier alpha value is -0.660. The molecule has 0 saturated carbocycles. The predicted octanol–water partition coefficient (Wildman–Crippen LogP) is 0.684. The van der Waals surface area contributed by atoms with Gasteiger partial charge >= 0.3 is 5.97 Å². The van der Waals surface area contributed by atoms with Crippen LogP contribution in [0, 0.1) is 0 Å². The van der Waals surface area contributed by atoms with Crippen LogP contribution in [0.4, 0.5) is 0 Å². The summed E-state index contributed by atoms with van der Waals surface area (Å²) in [5, 5.41) is 0. The molecule has 0 spiro atoms. The highest BCUT2D eigenvalue weighted by Crippen LogP contribution is 2.19. The summed E-state index contributed by atoms with van der Waals surface area (Å²) in [6, 6.07) is 0.209. The summed E-state index contributed by atoms with van der Waals surface area (Å²) in [7, 11) is -1.99. The van der Waals surface area contributed by atoms with Gasteiger partial charge in [0.2, 0.25) is 10.0 Å². The Morgan fingerprint density at radius 1 is 1.25 bits per heavy atom. The van der Waals surface area contributed by atoms with Crippen molar-refractivity contribution in [2.75, 3.05) is 32.5 Å². The molecule has 1 aliphatic heterocycles. The van der Waals surface area contributed by atoms with Gasteiger partial charge in [-0.1, -0.05) is 6.92 Å². The molecule has 2 unspecified atom stereocenters. The highest BCUT2D eigenvalue weighted by atomic mass is 32.2. The van der Waals surface area contributed by atoms with Crippen LogP contribution in [0.15, 0.2) is 0 Å². The number of piperazine rings is 1. The number of hydrogen-bond donors (Lipinski definition) is 0. The summed E-state index contributed by atoms with van der Waals surface area (Å²) in [5.41, 5.74) is 0. The number of likely N-dealkylation sites (N-methyl/N-ethyl adjacent to an activating group) is 1. The van der Waals surface area contributed by atoms with Crippen LogP contribution in [0.1, 0.15) is 33.6 Å². The highest BCUT2D eigenvalue weighted by Gasteiger charge is 2.35. The Bertz CT molecular complexity index is 424. The molecular weight excluding hydrogens is 280 g/mol. The fourth-order valence-electron chi connectivity index (χ4n) is 2.61. The van der Waals surface area contributed by atoms with Crippen LogP contribution in [0.25, 0.3) is 0 Å². The van der Waals surface area contributed by atoms with Gasteiger partial charge in [0.05, 0.1) is 12.9 Å². The lowest BCUT2D eigenvalue weighted by Crippen LogP contribution is -2.58. The molecule has 118 valence electrons. The van der Waals surface area contributed by atoms with Gasteiger partial charge in [0.1, 0.15) is 0 Å². The van der Waals surface area contributed by atoms with Gasteiger partial charge in [-0.05, 0) is 26.8 Å². The molecule has 1 fully saturated rings. The van der Waals surface area contributed by atoms with E-state index in [0.717, 1.165) is 13.1 Å². The minimum atomic E-state index is -3.30. The molecule has 6 nitrogen and oxygen atoms in total. The van der Waals surface area contributed by atoms with Crippen molar-refractivity contribution >= 4 is 16.0 Å². The minimum Gasteiger partial charge on any atom is -0.469 e. The lowest BCUT2D eigenvalue weighted by molar-refractivity contribution is -0.140. The van der Waals surface area contributed by atoms with Crippen molar-refractivity contribution in [3.63, 3.8) is 0 Å². The van der Waals surface area contributed by atoms with Crippen LogP contribution in [0.5, 0.6) is 0 Å². The van der Waals surface area contributed by atoms with Gasteiger partial charge in [0.15, 0.2) is 0 Å². The van der Waals surface area contributed by atoms with Crippen LogP contribution in [0.3, 0.4) is 0 Å². The molecule has 1 heterocycles. The summed E-state index contributed by atoms with van der Waals surface area (Å²) in [6.07, 6.45) is 0.457. The summed E-state index contributed by atoms with van der Waals surface area (Å²) >= 11 is 0. The highest BCUT2D eigenvalue weighted by molar-refractivity contribution is 7.89. The first kappa shape index (κ1) is 17.4. The SMILES string of the molecule is CCN1CC(C)N(S(=O)(=O)CCCC(=O)OC)CC1C. The molecule has 0 aromatic rings. The number of hydrogen-bond acceptors (Lipinski definition) is 5. The van der Waals surface area contributed by atoms with E-state index < -0.39 is 10.0 Å². The third-order valence-corrected chi connectivity index (χ3v) is 5.86. The second kappa shape index (κ2) is 7.38. The van der Waals surface area contributed by atoms with Crippen molar-refractivity contribution in [2.24, 2.45) is 0 Å². The molecule has 0 bridgehead atoms. The maximum absolute atomic E-state index is 12.4. The lowest BCUT2D eigenvalue weighted by atomic mass is 10.1. The molecule has 2 atom stereocenters. The molecule has 0 aliphatic carbocycles. The Morgan fingerprint density at radius 3 is 2.45 bits per heavy atom. The maximum Gasteiger partial charge on any atom is 0.305 e. The van der Waals surface area contributed by atoms with Gasteiger partial charge in [0, 0.05) is 31.6 Å². The van der Waals surface area contributed by atoms with E-state index in [1.165, 1.54) is 7.11 Å². The summed E-state index contributed by atoms with van der Waals surface area (Å²) in [4.78, 5) is 13.3. The first-order valence-electron chi connectivity index (χ1n) is 7.12. The first-order chi connectivity index (χ1) is 9.31. The zero-order valence-electron chi connectivity index (χ0n) is 12.8. The zero-order valence-corrected chi connectivity index (χ0v) is 13.6. The van der Waals surface area contributed by atoms with Gasteiger partial charge in [-0.2, -0.15) is 4.31 Å². The summed E-state index contributed by atoms with van der Waals surface area (Å²) < 4.78 is 30.8. The second-order valence-corrected chi connectivity index (χ2v) is 7.39. The average molecular weight is 306 g/mol. The quantitative estimate of drug-likeness (QED) is 0.675. The number of esters is 1. The van der Waals surface area contributed by atoms with E-state index in [9.17, 15) is 13.2 Å². The van der Waals surface area contributed by atoms with Crippen LogP contribution in [-0.2, 0) is 19.6 Å². The molecular formula is C13H26N2O4S. The number of rotatable bonds is 6. The van der Waals surface area contributed by atoms with Crippen molar-refractivity contribution in [3.05, 3.63) is 0 Å². The van der Waals surface area contributed by atoms with E-state index in [4.69, 9.17) is 0 Å². The Kier molecular flexibility index (Phi) is 6.42. The van der Waals surface area contributed by atoms with E-state index in [1.54, 1.807) is 4.31 Å². The van der Waals surface area contributed by atoms with Crippen molar-refractivity contribution in [1.82, 2.24) is 9.21 Å². The van der Waals surface area contributed by atoms with Gasteiger partial charge in [0.25, 0.3) is 0 Å². The molecule has 7 heteroatoms. The Morgan fingerprint density at radius 2 is 1.90 bits per heavy atom. The van der Waals surface area contributed by atoms with Gasteiger partial charge in [-0.15, -0.1) is 0 Å². The number of sulfonamides is 1. The number of carbonyl (C=O) groups excluding carboxylic acids is 1. The third-order valence-electron chi connectivity index (χ3n) is 3.83.